The fraction of sp³-hybridized carbons (Fsp3) is 0.714. The zero-order valence-electron chi connectivity index (χ0n) is 12.6. The maximum absolute atomic E-state index is 12.2. The Kier molecular flexibility index (Phi) is 3.63. The summed E-state index contributed by atoms with van der Waals surface area (Å²) < 4.78 is 8.51. The van der Waals surface area contributed by atoms with Crippen LogP contribution < -0.4 is 5.32 Å². The van der Waals surface area contributed by atoms with Crippen LogP contribution in [0.4, 0.5) is 10.6 Å². The van der Waals surface area contributed by atoms with E-state index in [0.717, 1.165) is 23.3 Å². The fourth-order valence-corrected chi connectivity index (χ4v) is 3.43. The van der Waals surface area contributed by atoms with Crippen LogP contribution in [0.3, 0.4) is 0 Å². The standard InChI is InChI=1S/C14H21BrN4O2/c1-14(2,3)21-13(20)18-5-4-11-9(8-18)6-16-12-10(15)7-17-19(11)12/h7,9,11,16H,4-6,8H2,1-3H3. The molecule has 2 aliphatic rings. The molecule has 0 spiro atoms. The van der Waals surface area contributed by atoms with Gasteiger partial charge in [0.05, 0.1) is 16.7 Å². The summed E-state index contributed by atoms with van der Waals surface area (Å²) in [4.78, 5) is 14.0. The summed E-state index contributed by atoms with van der Waals surface area (Å²) in [7, 11) is 0. The Morgan fingerprint density at radius 3 is 3.00 bits per heavy atom. The quantitative estimate of drug-likeness (QED) is 0.776. The zero-order valence-corrected chi connectivity index (χ0v) is 14.2. The molecule has 2 unspecified atom stereocenters. The smallest absolute Gasteiger partial charge is 0.410 e. The van der Waals surface area contributed by atoms with Crippen molar-refractivity contribution < 1.29 is 9.53 Å². The first-order chi connectivity index (χ1) is 9.85. The molecule has 6 nitrogen and oxygen atoms in total. The SMILES string of the molecule is CC(C)(C)OC(=O)N1CCC2C(CNc3c(Br)cnn32)C1. The Bertz CT molecular complexity index is 552. The van der Waals surface area contributed by atoms with Crippen molar-refractivity contribution >= 4 is 27.8 Å². The van der Waals surface area contributed by atoms with Crippen LogP contribution in [-0.4, -0.2) is 46.0 Å². The number of anilines is 1. The number of carbonyl (C=O) groups is 1. The highest BCUT2D eigenvalue weighted by atomic mass is 79.9. The minimum Gasteiger partial charge on any atom is -0.444 e. The average molecular weight is 357 g/mol. The lowest BCUT2D eigenvalue weighted by Crippen LogP contribution is -2.50. The van der Waals surface area contributed by atoms with Crippen LogP contribution in [0.5, 0.6) is 0 Å². The lowest BCUT2D eigenvalue weighted by atomic mass is 9.91. The maximum Gasteiger partial charge on any atom is 0.410 e. The monoisotopic (exact) mass is 356 g/mol. The molecule has 3 heterocycles. The molecule has 0 radical (unpaired) electrons. The molecule has 1 amide bonds. The average Bonchev–Trinajstić information content (AvgIpc) is 2.78. The number of carbonyl (C=O) groups excluding carboxylic acids is 1. The van der Waals surface area contributed by atoms with Crippen LogP contribution in [0.15, 0.2) is 10.7 Å². The van der Waals surface area contributed by atoms with Crippen molar-refractivity contribution in [1.82, 2.24) is 14.7 Å². The first-order valence-electron chi connectivity index (χ1n) is 7.30. The van der Waals surface area contributed by atoms with Crippen LogP contribution in [0.2, 0.25) is 0 Å². The lowest BCUT2D eigenvalue weighted by molar-refractivity contribution is 0.0107. The number of fused-ring (bicyclic) bond motifs is 3. The van der Waals surface area contributed by atoms with Gasteiger partial charge in [-0.1, -0.05) is 0 Å². The van der Waals surface area contributed by atoms with Gasteiger partial charge in [-0.2, -0.15) is 5.10 Å². The molecule has 116 valence electrons. The highest BCUT2D eigenvalue weighted by Gasteiger charge is 2.38. The van der Waals surface area contributed by atoms with Gasteiger partial charge in [-0.05, 0) is 43.1 Å². The Balaban J connectivity index is 1.70. The minimum atomic E-state index is -0.446. The number of rotatable bonds is 0. The number of hydrogen-bond acceptors (Lipinski definition) is 4. The number of nitrogens with zero attached hydrogens (tertiary/aromatic N) is 3. The van der Waals surface area contributed by atoms with E-state index in [2.05, 4.69) is 26.3 Å². The third-order valence-corrected chi connectivity index (χ3v) is 4.52. The summed E-state index contributed by atoms with van der Waals surface area (Å²) >= 11 is 3.51. The molecular formula is C14H21BrN4O2. The van der Waals surface area contributed by atoms with Gasteiger partial charge >= 0.3 is 6.09 Å². The van der Waals surface area contributed by atoms with E-state index in [1.165, 1.54) is 0 Å². The number of halogens is 1. The molecule has 1 fully saturated rings. The van der Waals surface area contributed by atoms with Gasteiger partial charge in [0.2, 0.25) is 0 Å². The molecule has 0 aliphatic carbocycles. The number of amides is 1. The summed E-state index contributed by atoms with van der Waals surface area (Å²) in [5, 5.41) is 7.84. The van der Waals surface area contributed by atoms with Crippen LogP contribution in [0, 0.1) is 5.92 Å². The Morgan fingerprint density at radius 2 is 2.29 bits per heavy atom. The topological polar surface area (TPSA) is 59.4 Å². The van der Waals surface area contributed by atoms with E-state index < -0.39 is 5.60 Å². The summed E-state index contributed by atoms with van der Waals surface area (Å²) in [6.45, 7) is 7.97. The molecule has 1 saturated heterocycles. The number of ether oxygens (including phenoxy) is 1. The van der Waals surface area contributed by atoms with E-state index in [4.69, 9.17) is 4.74 Å². The van der Waals surface area contributed by atoms with E-state index in [1.807, 2.05) is 36.5 Å². The predicted molar refractivity (Wildman–Crippen MR) is 83.4 cm³/mol. The second-order valence-corrected chi connectivity index (χ2v) is 7.56. The fourth-order valence-electron chi connectivity index (χ4n) is 3.02. The van der Waals surface area contributed by atoms with E-state index in [0.29, 0.717) is 25.0 Å². The molecule has 2 aliphatic heterocycles. The minimum absolute atomic E-state index is 0.214. The van der Waals surface area contributed by atoms with E-state index in [1.54, 1.807) is 0 Å². The molecule has 21 heavy (non-hydrogen) atoms. The number of piperidine rings is 1. The molecule has 0 saturated carbocycles. The van der Waals surface area contributed by atoms with Crippen molar-refractivity contribution in [2.45, 2.75) is 38.8 Å². The first kappa shape index (κ1) is 14.7. The highest BCUT2D eigenvalue weighted by Crippen LogP contribution is 2.37. The van der Waals surface area contributed by atoms with Crippen molar-refractivity contribution in [3.8, 4) is 0 Å². The van der Waals surface area contributed by atoms with E-state index >= 15 is 0 Å². The number of hydrogen-bond donors (Lipinski definition) is 1. The lowest BCUT2D eigenvalue weighted by Gasteiger charge is -2.42. The zero-order chi connectivity index (χ0) is 15.2. The van der Waals surface area contributed by atoms with Crippen molar-refractivity contribution in [2.24, 2.45) is 5.92 Å². The highest BCUT2D eigenvalue weighted by molar-refractivity contribution is 9.10. The largest absolute Gasteiger partial charge is 0.444 e. The number of likely N-dealkylation sites (tertiary alicyclic amines) is 1. The van der Waals surface area contributed by atoms with Gasteiger partial charge in [-0.3, -0.25) is 0 Å². The molecule has 1 N–H and O–H groups in total. The van der Waals surface area contributed by atoms with Crippen molar-refractivity contribution in [3.63, 3.8) is 0 Å². The molecule has 3 rings (SSSR count). The second-order valence-electron chi connectivity index (χ2n) is 6.71. The Morgan fingerprint density at radius 1 is 1.52 bits per heavy atom. The van der Waals surface area contributed by atoms with Gasteiger partial charge < -0.3 is 15.0 Å². The summed E-state index contributed by atoms with van der Waals surface area (Å²) in [6.07, 6.45) is 2.52. The third-order valence-electron chi connectivity index (χ3n) is 3.94. The van der Waals surface area contributed by atoms with Gasteiger partial charge in [-0.25, -0.2) is 9.48 Å². The van der Waals surface area contributed by atoms with E-state index in [9.17, 15) is 4.79 Å². The Hall–Kier alpha value is -1.24. The Labute approximate surface area is 132 Å². The van der Waals surface area contributed by atoms with Gasteiger partial charge in [0.1, 0.15) is 11.4 Å². The van der Waals surface area contributed by atoms with Crippen molar-refractivity contribution in [3.05, 3.63) is 10.7 Å². The normalized spacial score (nSPS) is 24.9. The third kappa shape index (κ3) is 2.88. The van der Waals surface area contributed by atoms with Crippen molar-refractivity contribution in [2.75, 3.05) is 25.0 Å². The summed E-state index contributed by atoms with van der Waals surface area (Å²) in [6, 6.07) is 0.353. The second kappa shape index (κ2) is 5.19. The molecule has 1 aromatic heterocycles. The van der Waals surface area contributed by atoms with Gasteiger partial charge in [0.15, 0.2) is 0 Å². The molecule has 1 aromatic rings. The molecular weight excluding hydrogens is 336 g/mol. The van der Waals surface area contributed by atoms with Gasteiger partial charge in [0, 0.05) is 25.6 Å². The first-order valence-corrected chi connectivity index (χ1v) is 8.09. The molecule has 0 bridgehead atoms. The van der Waals surface area contributed by atoms with Crippen LogP contribution in [-0.2, 0) is 4.74 Å². The summed E-state index contributed by atoms with van der Waals surface area (Å²) in [5.74, 6) is 1.41. The predicted octanol–water partition coefficient (Wildman–Crippen LogP) is 2.87. The van der Waals surface area contributed by atoms with Gasteiger partial charge in [0.25, 0.3) is 0 Å². The van der Waals surface area contributed by atoms with Crippen LogP contribution >= 0.6 is 15.9 Å². The number of aromatic nitrogens is 2. The van der Waals surface area contributed by atoms with Crippen LogP contribution in [0.1, 0.15) is 33.2 Å². The molecule has 2 atom stereocenters. The number of nitrogens with one attached hydrogen (secondary N) is 1. The molecule has 7 heteroatoms. The van der Waals surface area contributed by atoms with Crippen molar-refractivity contribution in [1.29, 1.82) is 0 Å². The molecule has 0 aromatic carbocycles. The summed E-state index contributed by atoms with van der Waals surface area (Å²) in [5.41, 5.74) is -0.446. The van der Waals surface area contributed by atoms with Gasteiger partial charge in [-0.15, -0.1) is 0 Å². The van der Waals surface area contributed by atoms with E-state index in [-0.39, 0.29) is 6.09 Å². The maximum atomic E-state index is 12.2. The van der Waals surface area contributed by atoms with Crippen LogP contribution in [0.25, 0.3) is 0 Å².